The minimum Gasteiger partial charge on any atom is -0.496 e. The zero-order chi connectivity index (χ0) is 20.9. The Bertz CT molecular complexity index is 974. The van der Waals surface area contributed by atoms with Gasteiger partial charge in [0.25, 0.3) is 5.91 Å². The van der Waals surface area contributed by atoms with Gasteiger partial charge in [-0.05, 0) is 53.1 Å². The first-order valence-electron chi connectivity index (χ1n) is 10.1. The summed E-state index contributed by atoms with van der Waals surface area (Å²) < 4.78 is 16.6. The van der Waals surface area contributed by atoms with Crippen LogP contribution in [0.15, 0.2) is 24.3 Å². The van der Waals surface area contributed by atoms with Crippen LogP contribution in [0.5, 0.6) is 17.2 Å². The maximum Gasteiger partial charge on any atom is 0.255 e. The van der Waals surface area contributed by atoms with Gasteiger partial charge in [0.05, 0.1) is 32.9 Å². The van der Waals surface area contributed by atoms with Crippen molar-refractivity contribution in [2.24, 2.45) is 0 Å². The minimum atomic E-state index is -0.191. The molecule has 0 N–H and O–H groups in total. The van der Waals surface area contributed by atoms with Crippen LogP contribution in [0, 0.1) is 0 Å². The fourth-order valence-electron chi connectivity index (χ4n) is 4.80. The van der Waals surface area contributed by atoms with Gasteiger partial charge in [0.1, 0.15) is 5.75 Å². The van der Waals surface area contributed by atoms with Gasteiger partial charge in [-0.1, -0.05) is 26.8 Å². The van der Waals surface area contributed by atoms with Gasteiger partial charge < -0.3 is 19.1 Å². The van der Waals surface area contributed by atoms with Crippen LogP contribution < -0.4 is 14.2 Å². The topological polar surface area (TPSA) is 48.0 Å². The Morgan fingerprint density at radius 1 is 0.931 bits per heavy atom. The van der Waals surface area contributed by atoms with Crippen molar-refractivity contribution in [3.63, 3.8) is 0 Å². The second-order valence-electron chi connectivity index (χ2n) is 8.80. The molecule has 29 heavy (non-hydrogen) atoms. The number of rotatable bonds is 3. The predicted molar refractivity (Wildman–Crippen MR) is 112 cm³/mol. The number of methoxy groups -OCH3 is 3. The molecule has 5 nitrogen and oxygen atoms in total. The molecule has 0 radical (unpaired) electrons. The van der Waals surface area contributed by atoms with Crippen molar-refractivity contribution in [1.82, 2.24) is 4.90 Å². The van der Waals surface area contributed by atoms with Gasteiger partial charge in [-0.25, -0.2) is 0 Å². The highest BCUT2D eigenvalue weighted by Crippen LogP contribution is 2.45. The molecule has 2 aliphatic rings. The number of nitrogens with zero attached hydrogens (tertiary/aromatic N) is 1. The summed E-state index contributed by atoms with van der Waals surface area (Å²) in [6, 6.07) is 8.16. The molecule has 0 fully saturated rings. The average Bonchev–Trinajstić information content (AvgIpc) is 2.71. The van der Waals surface area contributed by atoms with Crippen LogP contribution in [0.1, 0.15) is 59.4 Å². The predicted octanol–water partition coefficient (Wildman–Crippen LogP) is 4.31. The fraction of sp³-hybridized carbons (Fsp3) is 0.458. The molecule has 0 aromatic heterocycles. The zero-order valence-corrected chi connectivity index (χ0v) is 18.1. The largest absolute Gasteiger partial charge is 0.496 e. The summed E-state index contributed by atoms with van der Waals surface area (Å²) in [5.74, 6) is 2.32. The Balaban J connectivity index is 1.86. The fourth-order valence-corrected chi connectivity index (χ4v) is 4.80. The van der Waals surface area contributed by atoms with Crippen molar-refractivity contribution in [1.29, 1.82) is 0 Å². The Morgan fingerprint density at radius 2 is 1.59 bits per heavy atom. The highest BCUT2D eigenvalue weighted by Gasteiger charge is 2.41. The number of hydrogen-bond donors (Lipinski definition) is 0. The highest BCUT2D eigenvalue weighted by atomic mass is 16.5. The van der Waals surface area contributed by atoms with E-state index in [9.17, 15) is 4.79 Å². The van der Waals surface area contributed by atoms with Gasteiger partial charge in [0.2, 0.25) is 0 Å². The molecule has 154 valence electrons. The summed E-state index contributed by atoms with van der Waals surface area (Å²) in [5.41, 5.74) is 5.09. The number of ether oxygens (including phenoxy) is 3. The molecule has 2 heterocycles. The van der Waals surface area contributed by atoms with Crippen LogP contribution in [-0.2, 0) is 18.3 Å². The Hall–Kier alpha value is -2.69. The summed E-state index contributed by atoms with van der Waals surface area (Å²) in [6.45, 7) is 7.10. The maximum atomic E-state index is 13.7. The first kappa shape index (κ1) is 19.6. The van der Waals surface area contributed by atoms with Gasteiger partial charge >= 0.3 is 0 Å². The van der Waals surface area contributed by atoms with E-state index in [1.54, 1.807) is 21.3 Å². The van der Waals surface area contributed by atoms with Crippen molar-refractivity contribution < 1.29 is 19.0 Å². The molecule has 4 rings (SSSR count). The summed E-state index contributed by atoms with van der Waals surface area (Å²) in [5, 5.41) is 0. The summed E-state index contributed by atoms with van der Waals surface area (Å²) >= 11 is 0. The van der Waals surface area contributed by atoms with Gasteiger partial charge in [0, 0.05) is 12.1 Å². The Morgan fingerprint density at radius 3 is 2.21 bits per heavy atom. The molecular formula is C24H29NO4. The van der Waals surface area contributed by atoms with E-state index < -0.39 is 0 Å². The lowest BCUT2D eigenvalue weighted by Gasteiger charge is -2.43. The normalized spacial score (nSPS) is 17.9. The van der Waals surface area contributed by atoms with Gasteiger partial charge in [-0.3, -0.25) is 4.79 Å². The number of carbonyl (C=O) groups is 1. The smallest absolute Gasteiger partial charge is 0.255 e. The van der Waals surface area contributed by atoms with Crippen molar-refractivity contribution in [3.8, 4) is 17.2 Å². The first-order chi connectivity index (χ1) is 13.8. The van der Waals surface area contributed by atoms with Crippen molar-refractivity contribution >= 4 is 5.91 Å². The highest BCUT2D eigenvalue weighted by molar-refractivity contribution is 6.00. The maximum absolute atomic E-state index is 13.7. The molecule has 1 amide bonds. The van der Waals surface area contributed by atoms with Crippen LogP contribution in [0.25, 0.3) is 0 Å². The molecule has 0 saturated carbocycles. The molecule has 5 heteroatoms. The van der Waals surface area contributed by atoms with Gasteiger partial charge in [-0.15, -0.1) is 0 Å². The summed E-state index contributed by atoms with van der Waals surface area (Å²) in [7, 11) is 4.97. The van der Waals surface area contributed by atoms with Crippen LogP contribution in [-0.4, -0.2) is 38.7 Å². The third kappa shape index (κ3) is 3.04. The second kappa shape index (κ2) is 6.97. The Kier molecular flexibility index (Phi) is 4.72. The van der Waals surface area contributed by atoms with Crippen LogP contribution in [0.4, 0.5) is 0 Å². The summed E-state index contributed by atoms with van der Waals surface area (Å²) in [6.07, 6.45) is 1.60. The number of amides is 1. The van der Waals surface area contributed by atoms with Gasteiger partial charge in [0.15, 0.2) is 11.5 Å². The summed E-state index contributed by atoms with van der Waals surface area (Å²) in [4.78, 5) is 15.7. The lowest BCUT2D eigenvalue weighted by molar-refractivity contribution is 0.0627. The first-order valence-corrected chi connectivity index (χ1v) is 10.1. The van der Waals surface area contributed by atoms with E-state index in [0.29, 0.717) is 12.3 Å². The van der Waals surface area contributed by atoms with Crippen LogP contribution in [0.3, 0.4) is 0 Å². The van der Waals surface area contributed by atoms with Crippen molar-refractivity contribution in [3.05, 3.63) is 52.1 Å². The average molecular weight is 395 g/mol. The molecule has 0 bridgehead atoms. The van der Waals surface area contributed by atoms with Gasteiger partial charge in [-0.2, -0.15) is 0 Å². The SMILES string of the molecule is COc1cc2c(cc1OC)C1Cc3ccc(OC)c(C(C)(C)C)c3C(=O)N1CC2. The number of benzene rings is 2. The van der Waals surface area contributed by atoms with E-state index in [-0.39, 0.29) is 17.4 Å². The van der Waals surface area contributed by atoms with Crippen molar-refractivity contribution in [2.45, 2.75) is 45.1 Å². The molecule has 1 unspecified atom stereocenters. The molecule has 1 atom stereocenters. The van der Waals surface area contributed by atoms with E-state index in [1.165, 1.54) is 5.56 Å². The minimum absolute atomic E-state index is 0.0137. The lowest BCUT2D eigenvalue weighted by Crippen LogP contribution is -2.45. The van der Waals surface area contributed by atoms with E-state index in [2.05, 4.69) is 26.8 Å². The zero-order valence-electron chi connectivity index (χ0n) is 18.1. The third-order valence-corrected chi connectivity index (χ3v) is 6.11. The quantitative estimate of drug-likeness (QED) is 0.777. The number of fused-ring (bicyclic) bond motifs is 4. The van der Waals surface area contributed by atoms with E-state index >= 15 is 0 Å². The van der Waals surface area contributed by atoms with E-state index in [4.69, 9.17) is 14.2 Å². The van der Waals surface area contributed by atoms with Crippen molar-refractivity contribution in [2.75, 3.05) is 27.9 Å². The standard InChI is InChI=1S/C24H29NO4/c1-24(2,3)22-18(27-4)8-7-15-11-17-16-13-20(29-6)19(28-5)12-14(16)9-10-25(17)23(26)21(15)22/h7-8,12-13,17H,9-11H2,1-6H3. The third-order valence-electron chi connectivity index (χ3n) is 6.11. The molecule has 2 aliphatic heterocycles. The lowest BCUT2D eigenvalue weighted by atomic mass is 9.76. The number of carbonyl (C=O) groups excluding carboxylic acids is 1. The Labute approximate surface area is 172 Å². The van der Waals surface area contributed by atoms with Crippen LogP contribution in [0.2, 0.25) is 0 Å². The van der Waals surface area contributed by atoms with E-state index in [1.807, 2.05) is 23.1 Å². The monoisotopic (exact) mass is 395 g/mol. The second-order valence-corrected chi connectivity index (χ2v) is 8.80. The van der Waals surface area contributed by atoms with E-state index in [0.717, 1.165) is 46.6 Å². The molecule has 0 saturated heterocycles. The molecular weight excluding hydrogens is 366 g/mol. The molecule has 2 aromatic rings. The number of hydrogen-bond acceptors (Lipinski definition) is 4. The molecule has 0 spiro atoms. The van der Waals surface area contributed by atoms with Crippen LogP contribution >= 0.6 is 0 Å². The molecule has 0 aliphatic carbocycles. The molecule has 2 aromatic carbocycles.